The van der Waals surface area contributed by atoms with Crippen molar-refractivity contribution in [1.82, 2.24) is 9.62 Å². The molecule has 5 nitrogen and oxygen atoms in total. The number of hydrogen-bond acceptors (Lipinski definition) is 5. The normalized spacial score (nSPS) is 15.5. The van der Waals surface area contributed by atoms with Gasteiger partial charge in [-0.1, -0.05) is 25.5 Å². The number of benzene rings is 1. The molecule has 1 aromatic rings. The van der Waals surface area contributed by atoms with E-state index in [4.69, 9.17) is 5.11 Å². The smallest absolute Gasteiger partial charge is 0.215 e. The van der Waals surface area contributed by atoms with E-state index in [1.807, 2.05) is 33.8 Å². The van der Waals surface area contributed by atoms with Crippen LogP contribution >= 0.6 is 11.9 Å². The summed E-state index contributed by atoms with van der Waals surface area (Å²) in [4.78, 5) is 12.8. The Morgan fingerprint density at radius 1 is 1.35 bits per heavy atom. The van der Waals surface area contributed by atoms with E-state index in [-0.39, 0.29) is 16.9 Å². The number of aryl methyl sites for hydroxylation is 1. The van der Waals surface area contributed by atoms with E-state index in [0.717, 1.165) is 24.0 Å². The van der Waals surface area contributed by atoms with Crippen LogP contribution in [0.3, 0.4) is 0 Å². The molecule has 31 heavy (non-hydrogen) atoms. The Bertz CT molecular complexity index is 791. The number of nitrogens with one attached hydrogen (secondary N) is 2. The van der Waals surface area contributed by atoms with Crippen LogP contribution in [0.15, 0.2) is 41.4 Å². The van der Waals surface area contributed by atoms with E-state index >= 15 is 0 Å². The van der Waals surface area contributed by atoms with Gasteiger partial charge in [-0.15, -0.1) is 0 Å². The number of allylic oxidation sites excluding steroid dienone is 2. The highest BCUT2D eigenvalue weighted by atomic mass is 32.2. The van der Waals surface area contributed by atoms with Crippen LogP contribution in [0.1, 0.15) is 52.5 Å². The molecule has 1 fully saturated rings. The summed E-state index contributed by atoms with van der Waals surface area (Å²) >= 11 is 1.38. The standard InChI is InChI=1S/C21H29F2N3O2S.C2H6/c1-14(2)9-19(25-29-21(7-8-21)11-16(22)12-27)20(26(4)13-28)24-18-6-5-15(3)10-17(18)23;1-2/h5-6,9-10,13,16,24-25,27H,7-8,11-12H2,1-4H3;1-2H3/b20-19+;. The van der Waals surface area contributed by atoms with Crippen LogP contribution in [-0.2, 0) is 4.79 Å². The summed E-state index contributed by atoms with van der Waals surface area (Å²) in [5, 5.41) is 12.0. The zero-order valence-corrected chi connectivity index (χ0v) is 20.1. The number of amides is 1. The third kappa shape index (κ3) is 8.53. The second-order valence-corrected chi connectivity index (χ2v) is 8.95. The molecule has 1 aliphatic rings. The number of rotatable bonds is 11. The van der Waals surface area contributed by atoms with Gasteiger partial charge in [-0.05, 0) is 75.8 Å². The SMILES string of the molecule is CC.CC(C)=C/C(NSC1(CC(F)CO)CC1)=C(/Nc1ccc(C)cc1F)N(C)C=O. The molecule has 0 spiro atoms. The Labute approximate surface area is 189 Å². The average molecular weight is 456 g/mol. The van der Waals surface area contributed by atoms with Crippen molar-refractivity contribution in [2.75, 3.05) is 19.0 Å². The highest BCUT2D eigenvalue weighted by Crippen LogP contribution is 2.51. The van der Waals surface area contributed by atoms with Gasteiger partial charge in [0.05, 0.1) is 18.0 Å². The number of carbonyl (C=O) groups is 1. The molecule has 0 saturated heterocycles. The van der Waals surface area contributed by atoms with Crippen molar-refractivity contribution < 1.29 is 18.7 Å². The molecule has 1 saturated carbocycles. The third-order valence-corrected chi connectivity index (χ3v) is 5.88. The molecular weight excluding hydrogens is 420 g/mol. The van der Waals surface area contributed by atoms with Gasteiger partial charge in [-0.2, -0.15) is 0 Å². The fraction of sp³-hybridized carbons (Fsp3) is 0.522. The highest BCUT2D eigenvalue weighted by molar-refractivity contribution is 7.99. The quantitative estimate of drug-likeness (QED) is 0.240. The first-order valence-electron chi connectivity index (χ1n) is 10.5. The van der Waals surface area contributed by atoms with Crippen LogP contribution in [0.2, 0.25) is 0 Å². The molecule has 0 radical (unpaired) electrons. The van der Waals surface area contributed by atoms with Gasteiger partial charge in [-0.25, -0.2) is 8.78 Å². The summed E-state index contributed by atoms with van der Waals surface area (Å²) in [6, 6.07) is 4.81. The van der Waals surface area contributed by atoms with Gasteiger partial charge in [-0.3, -0.25) is 4.79 Å². The monoisotopic (exact) mass is 455 g/mol. The topological polar surface area (TPSA) is 64.6 Å². The molecule has 2 rings (SSSR count). The number of carbonyl (C=O) groups excluding carboxylic acids is 1. The third-order valence-electron chi connectivity index (χ3n) is 4.55. The lowest BCUT2D eigenvalue weighted by atomic mass is 10.2. The van der Waals surface area contributed by atoms with E-state index in [0.29, 0.717) is 17.9 Å². The number of anilines is 1. The van der Waals surface area contributed by atoms with E-state index in [1.165, 1.54) is 22.9 Å². The minimum atomic E-state index is -1.26. The van der Waals surface area contributed by atoms with Crippen LogP contribution in [-0.4, -0.2) is 41.0 Å². The van der Waals surface area contributed by atoms with Crippen LogP contribution in [0, 0.1) is 12.7 Å². The summed E-state index contributed by atoms with van der Waals surface area (Å²) in [6.07, 6.45) is 3.15. The first-order chi connectivity index (χ1) is 14.7. The number of alkyl halides is 1. The van der Waals surface area contributed by atoms with Gasteiger partial charge >= 0.3 is 0 Å². The minimum Gasteiger partial charge on any atom is -0.393 e. The second-order valence-electron chi connectivity index (χ2n) is 7.68. The summed E-state index contributed by atoms with van der Waals surface area (Å²) in [6.45, 7) is 9.13. The number of halogens is 2. The van der Waals surface area contributed by atoms with Gasteiger partial charge in [0.25, 0.3) is 0 Å². The minimum absolute atomic E-state index is 0.246. The average Bonchev–Trinajstić information content (AvgIpc) is 3.50. The largest absolute Gasteiger partial charge is 0.393 e. The van der Waals surface area contributed by atoms with Gasteiger partial charge < -0.3 is 20.0 Å². The molecule has 8 heteroatoms. The predicted octanol–water partition coefficient (Wildman–Crippen LogP) is 5.29. The van der Waals surface area contributed by atoms with Gasteiger partial charge in [0.15, 0.2) is 0 Å². The van der Waals surface area contributed by atoms with Gasteiger partial charge in [0, 0.05) is 11.8 Å². The molecular formula is C23H35F2N3O2S. The molecule has 1 unspecified atom stereocenters. The van der Waals surface area contributed by atoms with Gasteiger partial charge in [0.2, 0.25) is 6.41 Å². The number of hydrogen-bond donors (Lipinski definition) is 3. The van der Waals surface area contributed by atoms with Crippen LogP contribution in [0.5, 0.6) is 0 Å². The molecule has 0 aromatic heterocycles. The van der Waals surface area contributed by atoms with E-state index in [9.17, 15) is 13.6 Å². The van der Waals surface area contributed by atoms with E-state index in [2.05, 4.69) is 10.0 Å². The molecule has 174 valence electrons. The molecule has 0 bridgehead atoms. The van der Waals surface area contributed by atoms with E-state index in [1.54, 1.807) is 26.1 Å². The van der Waals surface area contributed by atoms with Crippen LogP contribution in [0.25, 0.3) is 0 Å². The van der Waals surface area contributed by atoms with Crippen molar-refractivity contribution in [2.45, 2.75) is 64.8 Å². The Hall–Kier alpha value is -2.06. The lowest BCUT2D eigenvalue weighted by Crippen LogP contribution is -2.28. The van der Waals surface area contributed by atoms with Crippen molar-refractivity contribution in [1.29, 1.82) is 0 Å². The van der Waals surface area contributed by atoms with Crippen molar-refractivity contribution >= 4 is 24.0 Å². The Morgan fingerprint density at radius 3 is 2.48 bits per heavy atom. The molecule has 1 atom stereocenters. The lowest BCUT2D eigenvalue weighted by molar-refractivity contribution is -0.115. The van der Waals surface area contributed by atoms with Crippen LogP contribution in [0.4, 0.5) is 14.5 Å². The summed E-state index contributed by atoms with van der Waals surface area (Å²) in [5.41, 5.74) is 2.59. The maximum Gasteiger partial charge on any atom is 0.215 e. The Kier molecular flexibility index (Phi) is 11.1. The maximum atomic E-state index is 14.4. The van der Waals surface area contributed by atoms with Crippen molar-refractivity contribution in [3.8, 4) is 0 Å². The number of aliphatic hydroxyl groups is 1. The fourth-order valence-corrected chi connectivity index (χ4v) is 3.85. The van der Waals surface area contributed by atoms with Gasteiger partial charge in [0.1, 0.15) is 17.8 Å². The van der Waals surface area contributed by atoms with Crippen molar-refractivity contribution in [2.24, 2.45) is 0 Å². The summed E-state index contributed by atoms with van der Waals surface area (Å²) < 4.78 is 31.0. The maximum absolute atomic E-state index is 14.4. The van der Waals surface area contributed by atoms with Crippen LogP contribution < -0.4 is 10.0 Å². The highest BCUT2D eigenvalue weighted by Gasteiger charge is 2.45. The second kappa shape index (κ2) is 12.7. The predicted molar refractivity (Wildman–Crippen MR) is 126 cm³/mol. The molecule has 1 amide bonds. The molecule has 0 heterocycles. The lowest BCUT2D eigenvalue weighted by Gasteiger charge is -2.24. The summed E-state index contributed by atoms with van der Waals surface area (Å²) in [7, 11) is 1.57. The first kappa shape index (κ1) is 27.0. The van der Waals surface area contributed by atoms with Crippen molar-refractivity contribution in [3.05, 3.63) is 52.7 Å². The number of aliphatic hydroxyl groups excluding tert-OH is 1. The van der Waals surface area contributed by atoms with Crippen molar-refractivity contribution in [3.63, 3.8) is 0 Å². The first-order valence-corrected chi connectivity index (χ1v) is 11.3. The fourth-order valence-electron chi connectivity index (χ4n) is 2.80. The summed E-state index contributed by atoms with van der Waals surface area (Å²) in [5.74, 6) is -0.0425. The number of nitrogens with zero attached hydrogens (tertiary/aromatic N) is 1. The Balaban J connectivity index is 0.00000233. The molecule has 0 aliphatic heterocycles. The molecule has 1 aliphatic carbocycles. The van der Waals surface area contributed by atoms with E-state index < -0.39 is 18.6 Å². The zero-order valence-electron chi connectivity index (χ0n) is 19.3. The zero-order chi connectivity index (χ0) is 23.6. The Morgan fingerprint density at radius 2 is 2.00 bits per heavy atom. The molecule has 3 N–H and O–H groups in total. The molecule has 1 aromatic carbocycles.